The van der Waals surface area contributed by atoms with E-state index in [2.05, 4.69) is 0 Å². The summed E-state index contributed by atoms with van der Waals surface area (Å²) in [6.45, 7) is 0. The van der Waals surface area contributed by atoms with E-state index >= 15 is 0 Å². The summed E-state index contributed by atoms with van der Waals surface area (Å²) < 4.78 is 246. The van der Waals surface area contributed by atoms with E-state index in [4.69, 9.17) is 0 Å². The monoisotopic (exact) mass is 673 g/mol. The molecule has 1 N–H and O–H groups in total. The summed E-state index contributed by atoms with van der Waals surface area (Å²) in [6, 6.07) is -3.41. The van der Waals surface area contributed by atoms with Crippen LogP contribution in [-0.4, -0.2) is 73.4 Å². The van der Waals surface area contributed by atoms with Crippen molar-refractivity contribution in [3.05, 3.63) is 0 Å². The van der Waals surface area contributed by atoms with E-state index < -0.39 is 87.8 Å². The smallest absolute Gasteiger partial charge is 0.550 e. The van der Waals surface area contributed by atoms with Gasteiger partial charge in [-0.15, -0.1) is 0 Å². The third-order valence-corrected chi connectivity index (χ3v) is 5.78. The number of rotatable bonds is 13. The van der Waals surface area contributed by atoms with Crippen LogP contribution in [0, 0.1) is 0 Å². The number of carboxylic acid groups (broad SMARTS) is 2. The summed E-state index contributed by atoms with van der Waals surface area (Å²) in [5, 5.41) is 12.8. The minimum absolute atomic E-state index is 0. The summed E-state index contributed by atoms with van der Waals surface area (Å²) in [6.07, 6.45) is -11.4. The predicted octanol–water partition coefficient (Wildman–Crippen LogP) is -4.47. The van der Waals surface area contributed by atoms with Crippen molar-refractivity contribution < 1.29 is 162 Å². The molecule has 1 atom stereocenters. The zero-order valence-electron chi connectivity index (χ0n) is 18.8. The summed E-state index contributed by atoms with van der Waals surface area (Å²) in [4.78, 5) is 20.8. The van der Waals surface area contributed by atoms with Gasteiger partial charge in [0.05, 0.1) is 12.0 Å². The Bertz CT molecular complexity index is 1030. The molecule has 0 bridgehead atoms. The van der Waals surface area contributed by atoms with Crippen LogP contribution in [0.2, 0.25) is 0 Å². The van der Waals surface area contributed by atoms with Crippen molar-refractivity contribution in [1.82, 2.24) is 4.72 Å². The van der Waals surface area contributed by atoms with Gasteiger partial charge < -0.3 is 19.8 Å². The Hall–Kier alpha value is -0.340. The molecule has 0 radical (unpaired) electrons. The molecule has 0 aromatic rings. The van der Waals surface area contributed by atoms with Gasteiger partial charge in [0.15, 0.2) is 0 Å². The van der Waals surface area contributed by atoms with E-state index in [1.165, 1.54) is 0 Å². The van der Waals surface area contributed by atoms with Gasteiger partial charge in [0.1, 0.15) is 0 Å². The molecule has 0 rings (SSSR count). The summed E-state index contributed by atoms with van der Waals surface area (Å²) in [5.41, 5.74) is 0. The van der Waals surface area contributed by atoms with Crippen molar-refractivity contribution in [1.29, 1.82) is 0 Å². The number of carboxylic acids is 2. The Labute approximate surface area is 253 Å². The normalized spacial score (nSPS) is 15.5. The molecule has 7 nitrogen and oxygen atoms in total. The van der Waals surface area contributed by atoms with Gasteiger partial charge in [0.25, 0.3) is 10.0 Å². The second-order valence-corrected chi connectivity index (χ2v) is 8.62. The van der Waals surface area contributed by atoms with Crippen LogP contribution in [0.4, 0.5) is 74.6 Å². The molecule has 0 unspecified atom stereocenters. The van der Waals surface area contributed by atoms with E-state index in [1.807, 2.05) is 0 Å². The number of nitrogens with one attached hydrogen (secondary N) is 1. The molecule has 0 saturated heterocycles. The van der Waals surface area contributed by atoms with Crippen molar-refractivity contribution >= 4 is 22.0 Å². The van der Waals surface area contributed by atoms with Crippen LogP contribution in [0.15, 0.2) is 0 Å². The molecule has 0 spiro atoms. The van der Waals surface area contributed by atoms with Crippen LogP contribution in [0.1, 0.15) is 12.8 Å². The van der Waals surface area contributed by atoms with Crippen molar-refractivity contribution in [2.24, 2.45) is 0 Å². The molecule has 40 heavy (non-hydrogen) atoms. The van der Waals surface area contributed by atoms with Crippen LogP contribution >= 0.6 is 0 Å². The first-order chi connectivity index (χ1) is 16.2. The van der Waals surface area contributed by atoms with Crippen molar-refractivity contribution in [3.8, 4) is 0 Å². The molecule has 0 aromatic carbocycles. The van der Waals surface area contributed by atoms with E-state index in [1.54, 1.807) is 0 Å². The van der Waals surface area contributed by atoms with Crippen LogP contribution in [0.25, 0.3) is 0 Å². The quantitative estimate of drug-likeness (QED) is 0.156. The second-order valence-electron chi connectivity index (χ2n) is 6.86. The fourth-order valence-corrected chi connectivity index (χ4v) is 3.27. The van der Waals surface area contributed by atoms with Crippen LogP contribution < -0.4 is 74.0 Å². The van der Waals surface area contributed by atoms with Gasteiger partial charge >= 0.3 is 106 Å². The third kappa shape index (κ3) is 6.90. The van der Waals surface area contributed by atoms with E-state index in [0.717, 1.165) is 0 Å². The van der Waals surface area contributed by atoms with Gasteiger partial charge in [-0.2, -0.15) is 74.6 Å². The van der Waals surface area contributed by atoms with Gasteiger partial charge in [-0.3, -0.25) is 0 Å². The van der Waals surface area contributed by atoms with Gasteiger partial charge in [-0.1, -0.05) is 0 Å². The number of aliphatic carboxylic acids is 2. The number of carbonyl (C=O) groups excluding carboxylic acids is 2. The number of alkyl halides is 17. The van der Waals surface area contributed by atoms with Gasteiger partial charge in [-0.25, -0.2) is 13.1 Å². The number of halogens is 17. The Morgan fingerprint density at radius 3 is 1.18 bits per heavy atom. The van der Waals surface area contributed by atoms with E-state index in [-0.39, 0.29) is 63.8 Å². The Morgan fingerprint density at radius 2 is 0.900 bits per heavy atom. The Kier molecular flexibility index (Phi) is 14.0. The number of hydrogen-bond acceptors (Lipinski definition) is 6. The SMILES string of the molecule is O=C([O-])CC[C@@H](NS(=O)(=O)C(F)(F)C(F)(F)C(F)(F)C(F)(F)C(F)(F)C(F)(F)C(F)(F)C(F)(F)F)C(=O)[O-].[Na+].[Na+]. The Morgan fingerprint density at radius 1 is 0.600 bits per heavy atom. The van der Waals surface area contributed by atoms with Gasteiger partial charge in [-0.05, 0) is 12.8 Å². The van der Waals surface area contributed by atoms with Crippen molar-refractivity contribution in [2.45, 2.75) is 65.8 Å². The van der Waals surface area contributed by atoms with Crippen LogP contribution in [0.3, 0.4) is 0 Å². The fraction of sp³-hybridized carbons (Fsp3) is 0.846. The van der Waals surface area contributed by atoms with Crippen LogP contribution in [-0.2, 0) is 19.6 Å². The molecule has 0 aliphatic heterocycles. The fourth-order valence-electron chi connectivity index (χ4n) is 2.07. The molecule has 0 fully saturated rings. The largest absolute Gasteiger partial charge is 1.00 e. The van der Waals surface area contributed by atoms with Gasteiger partial charge in [0, 0.05) is 5.97 Å². The minimum Gasteiger partial charge on any atom is -0.550 e. The maximum absolute atomic E-state index is 13.8. The molecule has 0 amide bonds. The first-order valence-corrected chi connectivity index (χ1v) is 9.84. The molecular weight excluding hydrogens is 667 g/mol. The van der Waals surface area contributed by atoms with Gasteiger partial charge in [0.2, 0.25) is 0 Å². The average molecular weight is 673 g/mol. The maximum atomic E-state index is 13.8. The molecule has 0 aliphatic rings. The number of carbonyl (C=O) groups is 2. The topological polar surface area (TPSA) is 126 Å². The molecule has 0 aliphatic carbocycles. The number of hydrogen-bond donors (Lipinski definition) is 1. The summed E-state index contributed by atoms with van der Waals surface area (Å²) in [5.74, 6) is -58.2. The maximum Gasteiger partial charge on any atom is 1.00 e. The first kappa shape index (κ1) is 44.1. The molecule has 0 saturated carbocycles. The predicted molar refractivity (Wildman–Crippen MR) is 75.8 cm³/mol. The zero-order valence-corrected chi connectivity index (χ0v) is 23.6. The average Bonchev–Trinajstić information content (AvgIpc) is 2.68. The Balaban J connectivity index is -0.00000684. The summed E-state index contributed by atoms with van der Waals surface area (Å²) >= 11 is 0. The van der Waals surface area contributed by atoms with Crippen molar-refractivity contribution in [3.63, 3.8) is 0 Å². The standard InChI is InChI=1S/C13H8F17NO6S.2Na/c14-6(15,8(18,19)10(22,23)12(26,27)28)7(16,17)9(20,21)11(24,25)13(29,30)38(36,37)31-3(5(34)35)1-2-4(32)33;;/h3,31H,1-2H2,(H,32,33)(H,34,35);;/q;2*+1/p-2/t3-;;/m1../s1. The van der Waals surface area contributed by atoms with E-state index in [0.29, 0.717) is 0 Å². The third-order valence-electron chi connectivity index (χ3n) is 4.25. The first-order valence-electron chi connectivity index (χ1n) is 8.36. The van der Waals surface area contributed by atoms with E-state index in [9.17, 15) is 103 Å². The molecule has 226 valence electrons. The summed E-state index contributed by atoms with van der Waals surface area (Å²) in [7, 11) is -7.93. The molecular formula is C13H6F17NNa2O6S. The van der Waals surface area contributed by atoms with Crippen molar-refractivity contribution in [2.75, 3.05) is 0 Å². The number of sulfonamides is 1. The van der Waals surface area contributed by atoms with Crippen LogP contribution in [0.5, 0.6) is 0 Å². The molecule has 27 heteroatoms. The minimum atomic E-state index is -9.05. The second kappa shape index (κ2) is 12.7. The zero-order chi connectivity index (χ0) is 31.4. The molecule has 0 aromatic heterocycles. The molecule has 0 heterocycles.